The van der Waals surface area contributed by atoms with E-state index < -0.39 is 31.0 Å². The molecular weight excluding hydrogens is 256 g/mol. The van der Waals surface area contributed by atoms with Crippen molar-refractivity contribution in [3.05, 3.63) is 0 Å². The molecule has 0 aromatic heterocycles. The van der Waals surface area contributed by atoms with Crippen LogP contribution >= 0.6 is 0 Å². The summed E-state index contributed by atoms with van der Waals surface area (Å²) in [5, 5.41) is 10.8. The van der Waals surface area contributed by atoms with Crippen LogP contribution in [0.5, 0.6) is 0 Å². The molecule has 0 heterocycles. The van der Waals surface area contributed by atoms with Gasteiger partial charge in [-0.1, -0.05) is 0 Å². The maximum atomic E-state index is 11.2. The van der Waals surface area contributed by atoms with Gasteiger partial charge >= 0.3 is 0 Å². The summed E-state index contributed by atoms with van der Waals surface area (Å²) in [6.45, 7) is 2.37. The minimum Gasteiger partial charge on any atom is -0.392 e. The Labute approximate surface area is 96.2 Å². The van der Waals surface area contributed by atoms with Crippen molar-refractivity contribution in [1.82, 2.24) is 10.0 Å². The van der Waals surface area contributed by atoms with Crippen LogP contribution in [0.4, 0.5) is 0 Å². The number of rotatable bonds is 8. The Balaban J connectivity index is 3.85. The number of sulfone groups is 1. The van der Waals surface area contributed by atoms with Crippen LogP contribution in [-0.4, -0.2) is 59.0 Å². The normalized spacial score (nSPS) is 14.9. The topological polar surface area (TPSA) is 113 Å². The van der Waals surface area contributed by atoms with Gasteiger partial charge in [-0.3, -0.25) is 0 Å². The molecule has 0 saturated heterocycles. The van der Waals surface area contributed by atoms with E-state index in [-0.39, 0.29) is 6.54 Å². The molecule has 7 nitrogen and oxygen atoms in total. The molecule has 3 N–H and O–H groups in total. The number of aliphatic hydroxyl groups excluding tert-OH is 1. The van der Waals surface area contributed by atoms with Gasteiger partial charge in [0.1, 0.15) is 0 Å². The van der Waals surface area contributed by atoms with Gasteiger partial charge in [0.2, 0.25) is 10.0 Å². The quantitative estimate of drug-likeness (QED) is 0.436. The molecule has 0 spiro atoms. The first kappa shape index (κ1) is 15.8. The zero-order chi connectivity index (χ0) is 12.8. The predicted molar refractivity (Wildman–Crippen MR) is 61.2 cm³/mol. The number of hydrogen-bond donors (Lipinski definition) is 3. The molecule has 0 aliphatic heterocycles. The van der Waals surface area contributed by atoms with Gasteiger partial charge in [0.25, 0.3) is 0 Å². The number of aliphatic hydroxyl groups is 1. The van der Waals surface area contributed by atoms with E-state index in [0.717, 1.165) is 6.26 Å². The smallest absolute Gasteiger partial charge is 0.226 e. The van der Waals surface area contributed by atoms with Crippen LogP contribution in [0.25, 0.3) is 0 Å². The van der Waals surface area contributed by atoms with Crippen molar-refractivity contribution in [3.63, 3.8) is 0 Å². The Morgan fingerprint density at radius 3 is 2.19 bits per heavy atom. The first-order valence-corrected chi connectivity index (χ1v) is 8.37. The lowest BCUT2D eigenvalue weighted by atomic mass is 10.4. The molecule has 16 heavy (non-hydrogen) atoms. The van der Waals surface area contributed by atoms with Gasteiger partial charge in [-0.05, 0) is 6.92 Å². The molecule has 0 radical (unpaired) electrons. The van der Waals surface area contributed by atoms with Crippen molar-refractivity contribution in [2.75, 3.05) is 31.0 Å². The summed E-state index contributed by atoms with van der Waals surface area (Å²) < 4.78 is 46.0. The maximum absolute atomic E-state index is 11.2. The summed E-state index contributed by atoms with van der Waals surface area (Å²) in [6.07, 6.45) is 0.352. The minimum atomic E-state index is -3.78. The Kier molecular flexibility index (Phi) is 6.41. The van der Waals surface area contributed by atoms with E-state index in [1.54, 1.807) is 6.92 Å². The Morgan fingerprint density at radius 2 is 1.75 bits per heavy atom. The third kappa shape index (κ3) is 10.3. The van der Waals surface area contributed by atoms with Crippen LogP contribution in [0, 0.1) is 0 Å². The monoisotopic (exact) mass is 274 g/mol. The zero-order valence-corrected chi connectivity index (χ0v) is 10.9. The van der Waals surface area contributed by atoms with E-state index in [0.29, 0.717) is 13.1 Å². The molecule has 0 aliphatic rings. The summed E-state index contributed by atoms with van der Waals surface area (Å²) in [7, 11) is -7.33. The average molecular weight is 274 g/mol. The van der Waals surface area contributed by atoms with Crippen molar-refractivity contribution < 1.29 is 21.9 Å². The van der Waals surface area contributed by atoms with Crippen LogP contribution in [0.2, 0.25) is 0 Å². The van der Waals surface area contributed by atoms with Crippen LogP contribution in [0.15, 0.2) is 0 Å². The summed E-state index contributed by atoms with van der Waals surface area (Å²) in [5.41, 5.74) is 0. The lowest BCUT2D eigenvalue weighted by molar-refractivity contribution is 0.192. The first-order valence-electron chi connectivity index (χ1n) is 4.66. The zero-order valence-electron chi connectivity index (χ0n) is 9.30. The second kappa shape index (κ2) is 6.50. The fraction of sp³-hybridized carbons (Fsp3) is 1.00. The molecular formula is C7H18N2O5S2. The fourth-order valence-electron chi connectivity index (χ4n) is 0.929. The summed E-state index contributed by atoms with van der Waals surface area (Å²) in [4.78, 5) is 0. The molecule has 0 saturated carbocycles. The van der Waals surface area contributed by atoms with E-state index in [4.69, 9.17) is 5.11 Å². The number of sulfonamides is 1. The van der Waals surface area contributed by atoms with Gasteiger partial charge in [-0.15, -0.1) is 0 Å². The van der Waals surface area contributed by atoms with E-state index >= 15 is 0 Å². The highest BCUT2D eigenvalue weighted by atomic mass is 32.3. The second-order valence-electron chi connectivity index (χ2n) is 3.61. The van der Waals surface area contributed by atoms with E-state index in [1.807, 2.05) is 0 Å². The number of hydrogen-bond acceptors (Lipinski definition) is 6. The van der Waals surface area contributed by atoms with Crippen molar-refractivity contribution in [2.24, 2.45) is 0 Å². The predicted octanol–water partition coefficient (Wildman–Crippen LogP) is -2.12. The van der Waals surface area contributed by atoms with Crippen LogP contribution in [0.3, 0.4) is 0 Å². The van der Waals surface area contributed by atoms with Gasteiger partial charge in [-0.25, -0.2) is 21.6 Å². The molecule has 0 amide bonds. The lowest BCUT2D eigenvalue weighted by Gasteiger charge is -2.08. The van der Waals surface area contributed by atoms with Crippen molar-refractivity contribution in [2.45, 2.75) is 13.0 Å². The van der Waals surface area contributed by atoms with E-state index in [9.17, 15) is 16.8 Å². The Morgan fingerprint density at radius 1 is 1.19 bits per heavy atom. The highest BCUT2D eigenvalue weighted by Crippen LogP contribution is 1.90. The third-order valence-corrected chi connectivity index (χ3v) is 5.03. The molecule has 0 fully saturated rings. The summed E-state index contributed by atoms with van der Waals surface area (Å²) in [5.74, 6) is 0. The molecule has 0 rings (SSSR count). The molecule has 1 atom stereocenters. The molecule has 9 heteroatoms. The summed E-state index contributed by atoms with van der Waals surface area (Å²) in [6, 6.07) is 0. The molecule has 1 unspecified atom stereocenters. The number of nitrogens with one attached hydrogen (secondary N) is 2. The molecule has 0 aliphatic carbocycles. The van der Waals surface area contributed by atoms with E-state index in [2.05, 4.69) is 10.0 Å². The second-order valence-corrected chi connectivity index (χ2v) is 7.92. The molecule has 0 bridgehead atoms. The Hall–Kier alpha value is -0.220. The molecule has 0 aromatic carbocycles. The fourth-order valence-corrected chi connectivity index (χ4v) is 3.93. The Bertz CT molecular complexity index is 387. The van der Waals surface area contributed by atoms with Gasteiger partial charge < -0.3 is 10.4 Å². The van der Waals surface area contributed by atoms with Crippen LogP contribution in [0.1, 0.15) is 6.92 Å². The van der Waals surface area contributed by atoms with Crippen molar-refractivity contribution in [1.29, 1.82) is 0 Å². The van der Waals surface area contributed by atoms with Gasteiger partial charge in [0.05, 0.1) is 6.10 Å². The highest BCUT2D eigenvalue weighted by Gasteiger charge is 2.16. The van der Waals surface area contributed by atoms with Gasteiger partial charge in [0.15, 0.2) is 14.9 Å². The van der Waals surface area contributed by atoms with Crippen molar-refractivity contribution in [3.8, 4) is 0 Å². The lowest BCUT2D eigenvalue weighted by Crippen LogP contribution is -2.36. The largest absolute Gasteiger partial charge is 0.392 e. The summed E-state index contributed by atoms with van der Waals surface area (Å²) >= 11 is 0. The average Bonchev–Trinajstić information content (AvgIpc) is 1.97. The minimum absolute atomic E-state index is 0.0879. The van der Waals surface area contributed by atoms with Gasteiger partial charge in [0, 0.05) is 25.9 Å². The maximum Gasteiger partial charge on any atom is 0.226 e. The molecule has 98 valence electrons. The van der Waals surface area contributed by atoms with Crippen molar-refractivity contribution >= 4 is 19.9 Å². The highest BCUT2D eigenvalue weighted by molar-refractivity contribution is 8.06. The first-order chi connectivity index (χ1) is 7.12. The standard InChI is InChI=1S/C7H18N2O5S2/c1-7(10)5-8-3-4-9-16(13,14)6-15(2,11)12/h7-10H,3-6H2,1-2H3. The van der Waals surface area contributed by atoms with E-state index in [1.165, 1.54) is 0 Å². The van der Waals surface area contributed by atoms with Gasteiger partial charge in [-0.2, -0.15) is 0 Å². The third-order valence-electron chi connectivity index (χ3n) is 1.43. The van der Waals surface area contributed by atoms with Crippen LogP contribution in [-0.2, 0) is 19.9 Å². The SMILES string of the molecule is CC(O)CNCCNS(=O)(=O)CS(C)(=O)=O. The molecule has 0 aromatic rings. The van der Waals surface area contributed by atoms with Crippen LogP contribution < -0.4 is 10.0 Å².